The average molecular weight is 472 g/mol. The van der Waals surface area contributed by atoms with Crippen LogP contribution in [-0.2, 0) is 17.6 Å². The summed E-state index contributed by atoms with van der Waals surface area (Å²) in [4.78, 5) is 33.4. The second-order valence-corrected chi connectivity index (χ2v) is 8.56. The van der Waals surface area contributed by atoms with Gasteiger partial charge < -0.3 is 14.5 Å². The van der Waals surface area contributed by atoms with Crippen LogP contribution in [0.2, 0.25) is 0 Å². The minimum Gasteiger partial charge on any atom is -0.434 e. The van der Waals surface area contributed by atoms with Gasteiger partial charge in [-0.25, -0.2) is 4.98 Å². The number of aromatic nitrogens is 1. The summed E-state index contributed by atoms with van der Waals surface area (Å²) < 4.78 is 29.8. The van der Waals surface area contributed by atoms with Crippen molar-refractivity contribution < 1.29 is 23.1 Å². The van der Waals surface area contributed by atoms with E-state index in [4.69, 9.17) is 0 Å². The minimum atomic E-state index is -3.01. The molecular formula is C24H23F2N3O3S. The van der Waals surface area contributed by atoms with Gasteiger partial charge in [-0.2, -0.15) is 8.78 Å². The van der Waals surface area contributed by atoms with Gasteiger partial charge >= 0.3 is 6.61 Å². The van der Waals surface area contributed by atoms with Crippen molar-refractivity contribution in [2.24, 2.45) is 0 Å². The summed E-state index contributed by atoms with van der Waals surface area (Å²) in [6.07, 6.45) is 0.946. The van der Waals surface area contributed by atoms with Gasteiger partial charge in [-0.15, -0.1) is 11.3 Å². The first-order valence-electron chi connectivity index (χ1n) is 10.6. The summed E-state index contributed by atoms with van der Waals surface area (Å²) in [6.45, 7) is -1.60. The molecule has 2 amide bonds. The van der Waals surface area contributed by atoms with Gasteiger partial charge in [0.05, 0.1) is 22.7 Å². The zero-order chi connectivity index (χ0) is 23.2. The lowest BCUT2D eigenvalue weighted by atomic mass is 10.1. The number of amides is 2. The summed E-state index contributed by atoms with van der Waals surface area (Å²) >= 11 is 1.54. The third kappa shape index (κ3) is 5.92. The maximum Gasteiger partial charge on any atom is 0.387 e. The Balaban J connectivity index is 1.30. The molecule has 0 saturated carbocycles. The maximum atomic E-state index is 12.8. The molecule has 1 aliphatic rings. The normalized spacial score (nSPS) is 13.9. The van der Waals surface area contributed by atoms with E-state index in [1.165, 1.54) is 23.8 Å². The van der Waals surface area contributed by atoms with Gasteiger partial charge in [0.1, 0.15) is 5.75 Å². The Labute approximate surface area is 194 Å². The van der Waals surface area contributed by atoms with E-state index in [2.05, 4.69) is 9.72 Å². The Morgan fingerprint density at radius 1 is 0.970 bits per heavy atom. The highest BCUT2D eigenvalue weighted by molar-refractivity contribution is 7.09. The Morgan fingerprint density at radius 3 is 2.36 bits per heavy atom. The first-order chi connectivity index (χ1) is 16.0. The third-order valence-corrected chi connectivity index (χ3v) is 6.28. The minimum absolute atomic E-state index is 0.0416. The molecule has 6 nitrogen and oxygen atoms in total. The second kappa shape index (κ2) is 10.5. The molecule has 1 aliphatic heterocycles. The summed E-state index contributed by atoms with van der Waals surface area (Å²) in [5, 5.41) is 2.87. The van der Waals surface area contributed by atoms with Gasteiger partial charge in [0, 0.05) is 38.0 Å². The fourth-order valence-corrected chi connectivity index (χ4v) is 4.55. The number of para-hydroxylation sites is 1. The fourth-order valence-electron chi connectivity index (χ4n) is 3.72. The lowest BCUT2D eigenvalue weighted by Gasteiger charge is -2.35. The zero-order valence-electron chi connectivity index (χ0n) is 17.8. The maximum absolute atomic E-state index is 12.8. The van der Waals surface area contributed by atoms with Crippen molar-refractivity contribution in [3.8, 4) is 5.75 Å². The number of carbonyl (C=O) groups is 2. The number of hydrogen-bond acceptors (Lipinski definition) is 5. The number of ether oxygens (including phenoxy) is 1. The van der Waals surface area contributed by atoms with Crippen LogP contribution in [-0.4, -0.2) is 59.4 Å². The standard InChI is InChI=1S/C24H23F2N3O3S/c25-24(26)32-20-9-5-4-8-19(20)23(31)29-12-10-28(11-13-29)22(30)15-18-16-33-21(27-18)14-17-6-2-1-3-7-17/h1-9,16,24H,10-15H2. The van der Waals surface area contributed by atoms with Gasteiger partial charge in [0.2, 0.25) is 5.91 Å². The van der Waals surface area contributed by atoms with Crippen LogP contribution in [0.25, 0.3) is 0 Å². The molecule has 0 atom stereocenters. The van der Waals surface area contributed by atoms with Crippen molar-refractivity contribution in [1.29, 1.82) is 0 Å². The van der Waals surface area contributed by atoms with Crippen LogP contribution in [0, 0.1) is 0 Å². The second-order valence-electron chi connectivity index (χ2n) is 7.62. The molecule has 33 heavy (non-hydrogen) atoms. The van der Waals surface area contributed by atoms with Crippen LogP contribution in [0.1, 0.15) is 26.6 Å². The predicted molar refractivity (Wildman–Crippen MR) is 121 cm³/mol. The van der Waals surface area contributed by atoms with E-state index in [1.54, 1.807) is 27.2 Å². The SMILES string of the molecule is O=C(Cc1csc(Cc2ccccc2)n1)N1CCN(C(=O)c2ccccc2OC(F)F)CC1. The lowest BCUT2D eigenvalue weighted by molar-refractivity contribution is -0.132. The van der Waals surface area contributed by atoms with Gasteiger partial charge in [0.25, 0.3) is 5.91 Å². The van der Waals surface area contributed by atoms with Crippen LogP contribution in [0.3, 0.4) is 0 Å². The van der Waals surface area contributed by atoms with Gasteiger partial charge in [0.15, 0.2) is 0 Å². The number of nitrogens with zero attached hydrogens (tertiary/aromatic N) is 3. The highest BCUT2D eigenvalue weighted by Crippen LogP contribution is 2.23. The number of piperazine rings is 1. The Morgan fingerprint density at radius 2 is 1.64 bits per heavy atom. The number of thiazole rings is 1. The molecule has 9 heteroatoms. The Kier molecular flexibility index (Phi) is 7.29. The molecule has 1 aromatic heterocycles. The van der Waals surface area contributed by atoms with E-state index in [0.29, 0.717) is 26.2 Å². The quantitative estimate of drug-likeness (QED) is 0.525. The molecule has 0 N–H and O–H groups in total. The molecular weight excluding hydrogens is 448 g/mol. The molecule has 0 bridgehead atoms. The largest absolute Gasteiger partial charge is 0.434 e. The molecule has 0 unspecified atom stereocenters. The van der Waals surface area contributed by atoms with E-state index >= 15 is 0 Å². The van der Waals surface area contributed by atoms with E-state index < -0.39 is 6.61 Å². The van der Waals surface area contributed by atoms with E-state index in [-0.39, 0.29) is 29.5 Å². The fraction of sp³-hybridized carbons (Fsp3) is 0.292. The Bertz CT molecular complexity index is 1100. The predicted octanol–water partition coefficient (Wildman–Crippen LogP) is 3.86. The molecule has 1 saturated heterocycles. The van der Waals surface area contributed by atoms with Gasteiger partial charge in [-0.05, 0) is 17.7 Å². The number of rotatable bonds is 7. The van der Waals surface area contributed by atoms with Crippen LogP contribution >= 0.6 is 11.3 Å². The summed E-state index contributed by atoms with van der Waals surface area (Å²) in [5.41, 5.74) is 2.00. The number of alkyl halides is 2. The van der Waals surface area contributed by atoms with Gasteiger partial charge in [-0.1, -0.05) is 42.5 Å². The topological polar surface area (TPSA) is 62.7 Å². The molecule has 0 aliphatic carbocycles. The van der Waals surface area contributed by atoms with Crippen molar-refractivity contribution in [3.63, 3.8) is 0 Å². The molecule has 1 fully saturated rings. The Hall–Kier alpha value is -3.33. The molecule has 2 heterocycles. The highest BCUT2D eigenvalue weighted by Gasteiger charge is 2.27. The molecule has 0 spiro atoms. The summed E-state index contributed by atoms with van der Waals surface area (Å²) in [5.74, 6) is -0.575. The number of halogens is 2. The van der Waals surface area contributed by atoms with Crippen molar-refractivity contribution in [1.82, 2.24) is 14.8 Å². The third-order valence-electron chi connectivity index (χ3n) is 5.38. The van der Waals surface area contributed by atoms with Crippen molar-refractivity contribution in [3.05, 3.63) is 81.8 Å². The van der Waals surface area contributed by atoms with Crippen LogP contribution in [0.5, 0.6) is 5.75 Å². The van der Waals surface area contributed by atoms with Gasteiger partial charge in [-0.3, -0.25) is 9.59 Å². The van der Waals surface area contributed by atoms with Crippen LogP contribution in [0.15, 0.2) is 60.0 Å². The van der Waals surface area contributed by atoms with Crippen LogP contribution < -0.4 is 4.74 Å². The number of benzene rings is 2. The number of hydrogen-bond donors (Lipinski definition) is 0. The zero-order valence-corrected chi connectivity index (χ0v) is 18.6. The van der Waals surface area contributed by atoms with E-state index in [0.717, 1.165) is 17.1 Å². The van der Waals surface area contributed by atoms with Crippen molar-refractivity contribution in [2.75, 3.05) is 26.2 Å². The van der Waals surface area contributed by atoms with Crippen LogP contribution in [0.4, 0.5) is 8.78 Å². The van der Waals surface area contributed by atoms with E-state index in [9.17, 15) is 18.4 Å². The first kappa shape index (κ1) is 22.8. The first-order valence-corrected chi connectivity index (χ1v) is 11.5. The summed E-state index contributed by atoms with van der Waals surface area (Å²) in [7, 11) is 0. The molecule has 4 rings (SSSR count). The highest BCUT2D eigenvalue weighted by atomic mass is 32.1. The van der Waals surface area contributed by atoms with E-state index in [1.807, 2.05) is 35.7 Å². The number of carbonyl (C=O) groups excluding carboxylic acids is 2. The lowest BCUT2D eigenvalue weighted by Crippen LogP contribution is -2.51. The monoisotopic (exact) mass is 471 g/mol. The summed E-state index contributed by atoms with van der Waals surface area (Å²) in [6, 6.07) is 16.0. The molecule has 0 radical (unpaired) electrons. The molecule has 3 aromatic rings. The van der Waals surface area contributed by atoms with Crippen molar-refractivity contribution >= 4 is 23.2 Å². The molecule has 172 valence electrons. The average Bonchev–Trinajstić information content (AvgIpc) is 3.26. The molecule has 2 aromatic carbocycles. The van der Waals surface area contributed by atoms with Crippen molar-refractivity contribution in [2.45, 2.75) is 19.5 Å². The smallest absolute Gasteiger partial charge is 0.387 e.